The molecule has 0 aromatic rings. The zero-order valence-corrected chi connectivity index (χ0v) is 12.3. The molecule has 3 heteroatoms. The predicted octanol–water partition coefficient (Wildman–Crippen LogP) is 3.07. The van der Waals surface area contributed by atoms with Gasteiger partial charge in [-0.05, 0) is 64.2 Å². The highest BCUT2D eigenvalue weighted by Crippen LogP contribution is 2.45. The molecule has 2 aliphatic carbocycles. The standard InChI is InChI=1S/C16H26O3/c1-16(2,3)19-15(18)6-4-5-14(17)13-10-11-7-8-12(13)9-11/h7-8,11-14,17H,4-6,9-10H2,1-3H3. The van der Waals surface area contributed by atoms with Gasteiger partial charge in [-0.1, -0.05) is 12.2 Å². The monoisotopic (exact) mass is 266 g/mol. The Hall–Kier alpha value is -0.830. The molecule has 0 saturated heterocycles. The molecular formula is C16H26O3. The molecule has 0 aromatic carbocycles. The molecule has 1 N–H and O–H groups in total. The number of rotatable bonds is 5. The van der Waals surface area contributed by atoms with Gasteiger partial charge < -0.3 is 9.84 Å². The molecule has 3 nitrogen and oxygen atoms in total. The van der Waals surface area contributed by atoms with E-state index in [1.807, 2.05) is 20.8 Å². The van der Waals surface area contributed by atoms with Crippen molar-refractivity contribution in [2.24, 2.45) is 17.8 Å². The summed E-state index contributed by atoms with van der Waals surface area (Å²) in [6, 6.07) is 0. The van der Waals surface area contributed by atoms with Crippen LogP contribution in [0.4, 0.5) is 0 Å². The lowest BCUT2D eigenvalue weighted by molar-refractivity contribution is -0.155. The van der Waals surface area contributed by atoms with Gasteiger partial charge in [-0.15, -0.1) is 0 Å². The van der Waals surface area contributed by atoms with Crippen LogP contribution in [-0.4, -0.2) is 22.8 Å². The van der Waals surface area contributed by atoms with Crippen molar-refractivity contribution in [1.29, 1.82) is 0 Å². The van der Waals surface area contributed by atoms with E-state index in [0.29, 0.717) is 37.0 Å². The Morgan fingerprint density at radius 1 is 1.37 bits per heavy atom. The predicted molar refractivity (Wildman–Crippen MR) is 74.5 cm³/mol. The zero-order valence-electron chi connectivity index (χ0n) is 12.3. The van der Waals surface area contributed by atoms with Crippen molar-refractivity contribution in [3.8, 4) is 0 Å². The van der Waals surface area contributed by atoms with Gasteiger partial charge in [0.1, 0.15) is 5.60 Å². The molecule has 1 fully saturated rings. The molecule has 2 rings (SSSR count). The van der Waals surface area contributed by atoms with Crippen molar-refractivity contribution < 1.29 is 14.6 Å². The van der Waals surface area contributed by atoms with Crippen LogP contribution in [0.15, 0.2) is 12.2 Å². The van der Waals surface area contributed by atoms with Gasteiger partial charge in [-0.3, -0.25) is 4.79 Å². The lowest BCUT2D eigenvalue weighted by Gasteiger charge is -2.24. The van der Waals surface area contributed by atoms with E-state index >= 15 is 0 Å². The van der Waals surface area contributed by atoms with Crippen LogP contribution in [0.25, 0.3) is 0 Å². The molecule has 2 aliphatic rings. The SMILES string of the molecule is CC(C)(C)OC(=O)CCCC(O)C1CC2C=CC1C2. The fourth-order valence-corrected chi connectivity index (χ4v) is 3.33. The van der Waals surface area contributed by atoms with Crippen LogP contribution in [0.2, 0.25) is 0 Å². The summed E-state index contributed by atoms with van der Waals surface area (Å²) in [5.74, 6) is 1.51. The van der Waals surface area contributed by atoms with E-state index in [0.717, 1.165) is 6.42 Å². The van der Waals surface area contributed by atoms with E-state index in [2.05, 4.69) is 12.2 Å². The minimum atomic E-state index is -0.412. The quantitative estimate of drug-likeness (QED) is 0.614. The minimum Gasteiger partial charge on any atom is -0.460 e. The number of hydrogen-bond acceptors (Lipinski definition) is 3. The highest BCUT2D eigenvalue weighted by Gasteiger charge is 2.39. The lowest BCUT2D eigenvalue weighted by Crippen LogP contribution is -2.26. The van der Waals surface area contributed by atoms with Crippen molar-refractivity contribution in [2.75, 3.05) is 0 Å². The van der Waals surface area contributed by atoms with Crippen LogP contribution >= 0.6 is 0 Å². The zero-order chi connectivity index (χ0) is 14.0. The highest BCUT2D eigenvalue weighted by atomic mass is 16.6. The summed E-state index contributed by atoms with van der Waals surface area (Å²) in [6.45, 7) is 5.63. The van der Waals surface area contributed by atoms with E-state index in [9.17, 15) is 9.90 Å². The maximum atomic E-state index is 11.6. The number of allylic oxidation sites excluding steroid dienone is 2. The smallest absolute Gasteiger partial charge is 0.306 e. The van der Waals surface area contributed by atoms with Crippen LogP contribution in [-0.2, 0) is 9.53 Å². The third-order valence-corrected chi connectivity index (χ3v) is 4.13. The van der Waals surface area contributed by atoms with Gasteiger partial charge >= 0.3 is 5.97 Å². The number of fused-ring (bicyclic) bond motifs is 2. The molecular weight excluding hydrogens is 240 g/mol. The second-order valence-electron chi connectivity index (χ2n) is 6.99. The Morgan fingerprint density at radius 2 is 2.11 bits per heavy atom. The third-order valence-electron chi connectivity index (χ3n) is 4.13. The fraction of sp³-hybridized carbons (Fsp3) is 0.812. The Balaban J connectivity index is 1.66. The molecule has 0 spiro atoms. The van der Waals surface area contributed by atoms with Gasteiger partial charge in [0.2, 0.25) is 0 Å². The second-order valence-corrected chi connectivity index (χ2v) is 6.99. The molecule has 0 aliphatic heterocycles. The number of esters is 1. The Bertz CT molecular complexity index is 353. The fourth-order valence-electron chi connectivity index (χ4n) is 3.33. The average Bonchev–Trinajstić information content (AvgIpc) is 2.87. The summed E-state index contributed by atoms with van der Waals surface area (Å²) in [6.07, 6.45) is 8.45. The van der Waals surface area contributed by atoms with Gasteiger partial charge in [0.15, 0.2) is 0 Å². The minimum absolute atomic E-state index is 0.160. The number of aliphatic hydroxyl groups excluding tert-OH is 1. The van der Waals surface area contributed by atoms with Crippen molar-refractivity contribution in [1.82, 2.24) is 0 Å². The van der Waals surface area contributed by atoms with Crippen molar-refractivity contribution >= 4 is 5.97 Å². The number of carbonyl (C=O) groups excluding carboxylic acids is 1. The second kappa shape index (κ2) is 5.66. The maximum Gasteiger partial charge on any atom is 0.306 e. The summed E-state index contributed by atoms with van der Waals surface area (Å²) >= 11 is 0. The largest absolute Gasteiger partial charge is 0.460 e. The maximum absolute atomic E-state index is 11.6. The molecule has 108 valence electrons. The van der Waals surface area contributed by atoms with Crippen LogP contribution in [0.5, 0.6) is 0 Å². The number of hydrogen-bond donors (Lipinski definition) is 1. The molecule has 19 heavy (non-hydrogen) atoms. The molecule has 0 aromatic heterocycles. The van der Waals surface area contributed by atoms with Crippen molar-refractivity contribution in [3.63, 3.8) is 0 Å². The van der Waals surface area contributed by atoms with E-state index in [4.69, 9.17) is 4.74 Å². The van der Waals surface area contributed by atoms with Gasteiger partial charge in [0.05, 0.1) is 6.10 Å². The van der Waals surface area contributed by atoms with E-state index in [1.165, 1.54) is 6.42 Å². The molecule has 4 atom stereocenters. The topological polar surface area (TPSA) is 46.5 Å². The van der Waals surface area contributed by atoms with Crippen LogP contribution in [0.1, 0.15) is 52.9 Å². The van der Waals surface area contributed by atoms with Gasteiger partial charge in [-0.2, -0.15) is 0 Å². The first-order chi connectivity index (χ1) is 8.85. The first-order valence-electron chi connectivity index (χ1n) is 7.43. The number of ether oxygens (including phenoxy) is 1. The van der Waals surface area contributed by atoms with Crippen LogP contribution in [0.3, 0.4) is 0 Å². The Kier molecular flexibility index (Phi) is 4.34. The summed E-state index contributed by atoms with van der Waals surface area (Å²) in [7, 11) is 0. The molecule has 1 saturated carbocycles. The van der Waals surface area contributed by atoms with Gasteiger partial charge in [-0.25, -0.2) is 0 Å². The molecule has 0 amide bonds. The molecule has 0 radical (unpaired) electrons. The summed E-state index contributed by atoms with van der Waals surface area (Å²) in [5.41, 5.74) is -0.412. The number of aliphatic hydroxyl groups is 1. The molecule has 4 unspecified atom stereocenters. The van der Waals surface area contributed by atoms with E-state index in [1.54, 1.807) is 0 Å². The average molecular weight is 266 g/mol. The Labute approximate surface area is 116 Å². The van der Waals surface area contributed by atoms with Crippen LogP contribution in [0, 0.1) is 17.8 Å². The summed E-state index contributed by atoms with van der Waals surface area (Å²) < 4.78 is 5.26. The van der Waals surface area contributed by atoms with Crippen molar-refractivity contribution in [2.45, 2.75) is 64.6 Å². The highest BCUT2D eigenvalue weighted by molar-refractivity contribution is 5.69. The first kappa shape index (κ1) is 14.6. The normalized spacial score (nSPS) is 30.6. The first-order valence-corrected chi connectivity index (χ1v) is 7.43. The third kappa shape index (κ3) is 4.07. The lowest BCUT2D eigenvalue weighted by atomic mass is 9.86. The summed E-state index contributed by atoms with van der Waals surface area (Å²) in [4.78, 5) is 11.6. The van der Waals surface area contributed by atoms with Gasteiger partial charge in [0.25, 0.3) is 0 Å². The Morgan fingerprint density at radius 3 is 2.63 bits per heavy atom. The van der Waals surface area contributed by atoms with Crippen LogP contribution < -0.4 is 0 Å². The van der Waals surface area contributed by atoms with Crippen molar-refractivity contribution in [3.05, 3.63) is 12.2 Å². The summed E-state index contributed by atoms with van der Waals surface area (Å²) in [5, 5.41) is 10.2. The van der Waals surface area contributed by atoms with E-state index in [-0.39, 0.29) is 12.1 Å². The molecule has 0 heterocycles. The van der Waals surface area contributed by atoms with Gasteiger partial charge in [0, 0.05) is 6.42 Å². The number of carbonyl (C=O) groups is 1. The van der Waals surface area contributed by atoms with E-state index < -0.39 is 5.60 Å². The molecule has 2 bridgehead atoms.